The van der Waals surface area contributed by atoms with Crippen LogP contribution in [0.15, 0.2) is 24.3 Å². The van der Waals surface area contributed by atoms with E-state index in [4.69, 9.17) is 4.74 Å². The molecule has 0 aliphatic carbocycles. The summed E-state index contributed by atoms with van der Waals surface area (Å²) in [7, 11) is -1.91. The van der Waals surface area contributed by atoms with Crippen molar-refractivity contribution in [3.8, 4) is 5.75 Å². The van der Waals surface area contributed by atoms with E-state index in [-0.39, 0.29) is 18.4 Å². The number of hydrogen-bond acceptors (Lipinski definition) is 4. The Labute approximate surface area is 174 Å². The standard InChI is InChI=1S/C21H33N3O4S/c1-16-10-17(2)14-24(13-16)29(26,27)23-9-5-7-19(15-23)21(25)22-12-18-6-4-8-20(11-18)28-3/h4,6,8,11,16-17,19H,5,7,9-10,12-15H2,1-3H3,(H,22,25)/t16-,17+,19-/m0/s1. The van der Waals surface area contributed by atoms with Crippen molar-refractivity contribution in [1.82, 2.24) is 13.9 Å². The van der Waals surface area contributed by atoms with Gasteiger partial charge in [-0.1, -0.05) is 26.0 Å². The molecule has 8 heteroatoms. The molecule has 3 rings (SSSR count). The number of piperidine rings is 2. The first-order valence-corrected chi connectivity index (χ1v) is 11.8. The summed E-state index contributed by atoms with van der Waals surface area (Å²) in [4.78, 5) is 12.7. The number of benzene rings is 1. The number of ether oxygens (including phenoxy) is 1. The molecule has 3 atom stereocenters. The molecule has 0 bridgehead atoms. The summed E-state index contributed by atoms with van der Waals surface area (Å²) >= 11 is 0. The van der Waals surface area contributed by atoms with Gasteiger partial charge in [-0.05, 0) is 48.8 Å². The van der Waals surface area contributed by atoms with Gasteiger partial charge in [0.25, 0.3) is 10.2 Å². The highest BCUT2D eigenvalue weighted by molar-refractivity contribution is 7.86. The summed E-state index contributed by atoms with van der Waals surface area (Å²) in [6, 6.07) is 7.56. The van der Waals surface area contributed by atoms with E-state index < -0.39 is 10.2 Å². The van der Waals surface area contributed by atoms with Crippen molar-refractivity contribution in [1.29, 1.82) is 0 Å². The van der Waals surface area contributed by atoms with Gasteiger partial charge in [0, 0.05) is 32.7 Å². The highest BCUT2D eigenvalue weighted by atomic mass is 32.2. The van der Waals surface area contributed by atoms with Crippen LogP contribution in [0.25, 0.3) is 0 Å². The van der Waals surface area contributed by atoms with Gasteiger partial charge in [0.15, 0.2) is 0 Å². The summed E-state index contributed by atoms with van der Waals surface area (Å²) in [6.07, 6.45) is 2.47. The zero-order valence-corrected chi connectivity index (χ0v) is 18.5. The minimum absolute atomic E-state index is 0.0897. The maximum Gasteiger partial charge on any atom is 0.282 e. The molecule has 2 aliphatic heterocycles. The van der Waals surface area contributed by atoms with Gasteiger partial charge in [-0.15, -0.1) is 0 Å². The molecule has 2 heterocycles. The van der Waals surface area contributed by atoms with E-state index in [1.165, 1.54) is 4.31 Å². The van der Waals surface area contributed by atoms with Crippen LogP contribution in [0, 0.1) is 17.8 Å². The molecule has 0 saturated carbocycles. The maximum absolute atomic E-state index is 13.2. The summed E-state index contributed by atoms with van der Waals surface area (Å²) in [5, 5.41) is 2.96. The number of nitrogens with one attached hydrogen (secondary N) is 1. The highest BCUT2D eigenvalue weighted by Gasteiger charge is 2.38. The predicted octanol–water partition coefficient (Wildman–Crippen LogP) is 2.25. The Kier molecular flexibility index (Phi) is 7.19. The third-order valence-electron chi connectivity index (χ3n) is 5.84. The number of hydrogen-bond donors (Lipinski definition) is 1. The minimum Gasteiger partial charge on any atom is -0.497 e. The molecule has 0 radical (unpaired) electrons. The van der Waals surface area contributed by atoms with Crippen LogP contribution in [0.3, 0.4) is 0 Å². The molecule has 0 aromatic heterocycles. The van der Waals surface area contributed by atoms with E-state index in [1.54, 1.807) is 11.4 Å². The van der Waals surface area contributed by atoms with Gasteiger partial charge in [-0.2, -0.15) is 17.0 Å². The van der Waals surface area contributed by atoms with Crippen LogP contribution in [-0.4, -0.2) is 56.2 Å². The second kappa shape index (κ2) is 9.45. The topological polar surface area (TPSA) is 79.0 Å². The lowest BCUT2D eigenvalue weighted by Gasteiger charge is -2.39. The summed E-state index contributed by atoms with van der Waals surface area (Å²) in [5.41, 5.74) is 0.953. The molecule has 1 aromatic carbocycles. The van der Waals surface area contributed by atoms with Gasteiger partial charge in [0.2, 0.25) is 5.91 Å². The van der Waals surface area contributed by atoms with Crippen LogP contribution in [0.5, 0.6) is 5.75 Å². The molecule has 1 N–H and O–H groups in total. The Morgan fingerprint density at radius 2 is 1.90 bits per heavy atom. The lowest BCUT2D eigenvalue weighted by Crippen LogP contribution is -2.53. The molecule has 7 nitrogen and oxygen atoms in total. The molecule has 1 amide bonds. The van der Waals surface area contributed by atoms with Crippen molar-refractivity contribution < 1.29 is 17.9 Å². The summed E-state index contributed by atoms with van der Waals surface area (Å²) in [5.74, 6) is 1.06. The van der Waals surface area contributed by atoms with Crippen molar-refractivity contribution in [3.63, 3.8) is 0 Å². The fourth-order valence-electron chi connectivity index (χ4n) is 4.44. The maximum atomic E-state index is 13.2. The van der Waals surface area contributed by atoms with Crippen molar-refractivity contribution >= 4 is 16.1 Å². The van der Waals surface area contributed by atoms with Crippen LogP contribution in [-0.2, 0) is 21.5 Å². The monoisotopic (exact) mass is 423 g/mol. The molecule has 162 valence electrons. The summed E-state index contributed by atoms with van der Waals surface area (Å²) in [6.45, 7) is 6.48. The van der Waals surface area contributed by atoms with Crippen LogP contribution in [0.1, 0.15) is 38.7 Å². The Hall–Kier alpha value is -1.64. The summed E-state index contributed by atoms with van der Waals surface area (Å²) < 4.78 is 34.6. The van der Waals surface area contributed by atoms with E-state index in [0.29, 0.717) is 50.9 Å². The zero-order valence-electron chi connectivity index (χ0n) is 17.6. The number of methoxy groups -OCH3 is 1. The van der Waals surface area contributed by atoms with Crippen LogP contribution in [0.2, 0.25) is 0 Å². The third kappa shape index (κ3) is 5.49. The highest BCUT2D eigenvalue weighted by Crippen LogP contribution is 2.27. The van der Waals surface area contributed by atoms with Crippen LogP contribution >= 0.6 is 0 Å². The molecule has 1 aromatic rings. The van der Waals surface area contributed by atoms with Crippen molar-refractivity contribution in [2.45, 2.75) is 39.7 Å². The van der Waals surface area contributed by atoms with Crippen molar-refractivity contribution in [3.05, 3.63) is 29.8 Å². The smallest absolute Gasteiger partial charge is 0.282 e. The number of carbonyl (C=O) groups is 1. The Bertz CT molecular complexity index is 804. The van der Waals surface area contributed by atoms with Gasteiger partial charge >= 0.3 is 0 Å². The molecular weight excluding hydrogens is 390 g/mol. The van der Waals surface area contributed by atoms with Gasteiger partial charge in [-0.25, -0.2) is 0 Å². The largest absolute Gasteiger partial charge is 0.497 e. The molecule has 2 saturated heterocycles. The lowest BCUT2D eigenvalue weighted by atomic mass is 9.94. The number of nitrogens with zero attached hydrogens (tertiary/aromatic N) is 2. The van der Waals surface area contributed by atoms with E-state index in [1.807, 2.05) is 24.3 Å². The third-order valence-corrected chi connectivity index (χ3v) is 7.78. The van der Waals surface area contributed by atoms with Gasteiger partial charge < -0.3 is 10.1 Å². The van der Waals surface area contributed by atoms with E-state index in [0.717, 1.165) is 17.7 Å². The van der Waals surface area contributed by atoms with E-state index in [9.17, 15) is 13.2 Å². The SMILES string of the molecule is COc1cccc(CNC(=O)[C@H]2CCCN(S(=O)(=O)N3C[C@H](C)C[C@H](C)C3)C2)c1. The minimum atomic E-state index is -3.52. The van der Waals surface area contributed by atoms with Crippen molar-refractivity contribution in [2.75, 3.05) is 33.3 Å². The van der Waals surface area contributed by atoms with Gasteiger partial charge in [-0.3, -0.25) is 4.79 Å². The molecular formula is C21H33N3O4S. The second-order valence-corrected chi connectivity index (χ2v) is 10.5. The van der Waals surface area contributed by atoms with Crippen LogP contribution in [0.4, 0.5) is 0 Å². The quantitative estimate of drug-likeness (QED) is 0.761. The lowest BCUT2D eigenvalue weighted by molar-refractivity contribution is -0.126. The zero-order chi connectivity index (χ0) is 21.0. The predicted molar refractivity (Wildman–Crippen MR) is 113 cm³/mol. The first kappa shape index (κ1) is 22.1. The molecule has 0 spiro atoms. The Balaban J connectivity index is 1.59. The average Bonchev–Trinajstić information content (AvgIpc) is 2.71. The Morgan fingerprint density at radius 1 is 1.17 bits per heavy atom. The van der Waals surface area contributed by atoms with Gasteiger partial charge in [0.1, 0.15) is 5.75 Å². The first-order chi connectivity index (χ1) is 13.8. The van der Waals surface area contributed by atoms with Gasteiger partial charge in [0.05, 0.1) is 13.0 Å². The fraction of sp³-hybridized carbons (Fsp3) is 0.667. The molecule has 2 aliphatic rings. The van der Waals surface area contributed by atoms with Crippen molar-refractivity contribution in [2.24, 2.45) is 17.8 Å². The Morgan fingerprint density at radius 3 is 2.59 bits per heavy atom. The second-order valence-electron chi connectivity index (χ2n) is 8.54. The molecule has 0 unspecified atom stereocenters. The average molecular weight is 424 g/mol. The van der Waals surface area contributed by atoms with E-state index in [2.05, 4.69) is 19.2 Å². The number of carbonyl (C=O) groups excluding carboxylic acids is 1. The fourth-order valence-corrected chi connectivity index (χ4v) is 6.38. The normalized spacial score (nSPS) is 26.8. The molecule has 2 fully saturated rings. The molecule has 29 heavy (non-hydrogen) atoms. The van der Waals surface area contributed by atoms with Crippen LogP contribution < -0.4 is 10.1 Å². The number of amides is 1. The number of rotatable bonds is 6. The van der Waals surface area contributed by atoms with E-state index >= 15 is 0 Å². The first-order valence-electron chi connectivity index (χ1n) is 10.5.